The Bertz CT molecular complexity index is 563. The Morgan fingerprint density at radius 2 is 1.89 bits per heavy atom. The predicted molar refractivity (Wildman–Crippen MR) is 65.6 cm³/mol. The van der Waals surface area contributed by atoms with Crippen LogP contribution in [0.2, 0.25) is 0 Å². The van der Waals surface area contributed by atoms with E-state index in [2.05, 4.69) is 15.3 Å². The van der Waals surface area contributed by atoms with E-state index in [1.807, 2.05) is 0 Å². The predicted octanol–water partition coefficient (Wildman–Crippen LogP) is 0.414. The normalized spacial score (nSPS) is 12.1. The first-order chi connectivity index (χ1) is 8.34. The maximum absolute atomic E-state index is 11.0. The molecule has 0 aromatic heterocycles. The number of hydrazone groups is 1. The second kappa shape index (κ2) is 5.61. The molecule has 7 nitrogen and oxygen atoms in total. The Morgan fingerprint density at radius 3 is 2.33 bits per heavy atom. The van der Waals surface area contributed by atoms with E-state index in [4.69, 9.17) is 5.14 Å². The number of nitrogens with zero attached hydrogens (tertiary/aromatic N) is 1. The van der Waals surface area contributed by atoms with Crippen LogP contribution in [0.15, 0.2) is 34.3 Å². The summed E-state index contributed by atoms with van der Waals surface area (Å²) in [7, 11) is -2.48. The SMILES string of the molecule is COC(=O)N/N=C(\C)c1ccc(S(N)(=O)=O)cc1. The van der Waals surface area contributed by atoms with E-state index in [1.54, 1.807) is 6.92 Å². The molecule has 0 spiro atoms. The molecule has 0 atom stereocenters. The molecule has 18 heavy (non-hydrogen) atoms. The van der Waals surface area contributed by atoms with Gasteiger partial charge in [-0.25, -0.2) is 23.8 Å². The number of carbonyl (C=O) groups is 1. The van der Waals surface area contributed by atoms with Crippen LogP contribution in [0.5, 0.6) is 0 Å². The third-order valence-electron chi connectivity index (χ3n) is 2.10. The van der Waals surface area contributed by atoms with E-state index >= 15 is 0 Å². The van der Waals surface area contributed by atoms with Gasteiger partial charge in [-0.05, 0) is 24.6 Å². The van der Waals surface area contributed by atoms with Gasteiger partial charge in [-0.1, -0.05) is 12.1 Å². The van der Waals surface area contributed by atoms with Crippen molar-refractivity contribution >= 4 is 21.8 Å². The lowest BCUT2D eigenvalue weighted by atomic mass is 10.1. The smallest absolute Gasteiger partial charge is 0.427 e. The Labute approximate surface area is 105 Å². The number of carbonyl (C=O) groups excluding carboxylic acids is 1. The van der Waals surface area contributed by atoms with Gasteiger partial charge in [0.15, 0.2) is 0 Å². The Morgan fingerprint density at radius 1 is 1.33 bits per heavy atom. The summed E-state index contributed by atoms with van der Waals surface area (Å²) in [5, 5.41) is 8.74. The summed E-state index contributed by atoms with van der Waals surface area (Å²) in [5.41, 5.74) is 3.31. The van der Waals surface area contributed by atoms with Crippen LogP contribution in [0.1, 0.15) is 12.5 Å². The third kappa shape index (κ3) is 3.82. The van der Waals surface area contributed by atoms with Gasteiger partial charge in [0.25, 0.3) is 0 Å². The van der Waals surface area contributed by atoms with Crippen LogP contribution in [0.3, 0.4) is 0 Å². The van der Waals surface area contributed by atoms with Gasteiger partial charge in [0.05, 0.1) is 17.7 Å². The van der Waals surface area contributed by atoms with Crippen molar-refractivity contribution < 1.29 is 17.9 Å². The third-order valence-corrected chi connectivity index (χ3v) is 3.03. The number of primary sulfonamides is 1. The van der Waals surface area contributed by atoms with Gasteiger partial charge >= 0.3 is 6.09 Å². The molecule has 8 heteroatoms. The maximum Gasteiger partial charge on any atom is 0.427 e. The van der Waals surface area contributed by atoms with Crippen molar-refractivity contribution in [2.75, 3.05) is 7.11 Å². The highest BCUT2D eigenvalue weighted by atomic mass is 32.2. The number of rotatable bonds is 3. The van der Waals surface area contributed by atoms with E-state index in [0.29, 0.717) is 11.3 Å². The molecular formula is C10H13N3O4S. The number of nitrogens with two attached hydrogens (primary N) is 1. The average Bonchev–Trinajstić information content (AvgIpc) is 2.34. The minimum Gasteiger partial charge on any atom is -0.452 e. The molecule has 0 aliphatic rings. The lowest BCUT2D eigenvalue weighted by molar-refractivity contribution is 0.171. The zero-order valence-corrected chi connectivity index (χ0v) is 10.7. The second-order valence-corrected chi connectivity index (χ2v) is 4.93. The first kappa shape index (κ1) is 14.1. The maximum atomic E-state index is 11.0. The van der Waals surface area contributed by atoms with Crippen molar-refractivity contribution in [1.29, 1.82) is 0 Å². The summed E-state index contributed by atoms with van der Waals surface area (Å²) in [6.45, 7) is 1.65. The molecule has 1 aromatic carbocycles. The number of nitrogens with one attached hydrogen (secondary N) is 1. The molecule has 1 amide bonds. The molecule has 0 saturated carbocycles. The quantitative estimate of drug-likeness (QED) is 0.612. The zero-order valence-electron chi connectivity index (χ0n) is 9.88. The van der Waals surface area contributed by atoms with Crippen LogP contribution in [0.4, 0.5) is 4.79 Å². The van der Waals surface area contributed by atoms with E-state index in [9.17, 15) is 13.2 Å². The van der Waals surface area contributed by atoms with Crippen molar-refractivity contribution in [2.45, 2.75) is 11.8 Å². The van der Waals surface area contributed by atoms with Crippen LogP contribution >= 0.6 is 0 Å². The Hall–Kier alpha value is -1.93. The van der Waals surface area contributed by atoms with Crippen LogP contribution in [-0.4, -0.2) is 27.3 Å². The van der Waals surface area contributed by atoms with E-state index < -0.39 is 16.1 Å². The van der Waals surface area contributed by atoms with Crippen LogP contribution in [0, 0.1) is 0 Å². The van der Waals surface area contributed by atoms with Gasteiger partial charge in [-0.2, -0.15) is 5.10 Å². The zero-order chi connectivity index (χ0) is 13.8. The summed E-state index contributed by atoms with van der Waals surface area (Å²) in [5.74, 6) is 0. The van der Waals surface area contributed by atoms with Gasteiger partial charge in [-0.15, -0.1) is 0 Å². The lowest BCUT2D eigenvalue weighted by Gasteiger charge is -2.03. The molecule has 0 radical (unpaired) electrons. The first-order valence-electron chi connectivity index (χ1n) is 4.86. The average molecular weight is 271 g/mol. The van der Waals surface area contributed by atoms with Crippen molar-refractivity contribution in [3.8, 4) is 0 Å². The van der Waals surface area contributed by atoms with Crippen LogP contribution in [0.25, 0.3) is 0 Å². The summed E-state index contributed by atoms with van der Waals surface area (Å²) in [6, 6.07) is 5.80. The fraction of sp³-hybridized carbons (Fsp3) is 0.200. The molecule has 1 rings (SSSR count). The van der Waals surface area contributed by atoms with Crippen LogP contribution in [-0.2, 0) is 14.8 Å². The molecule has 3 N–H and O–H groups in total. The van der Waals surface area contributed by atoms with Crippen molar-refractivity contribution in [1.82, 2.24) is 5.43 Å². The van der Waals surface area contributed by atoms with Crippen LogP contribution < -0.4 is 10.6 Å². The lowest BCUT2D eigenvalue weighted by Crippen LogP contribution is -2.18. The van der Waals surface area contributed by atoms with Crippen molar-refractivity contribution in [2.24, 2.45) is 10.2 Å². The minimum absolute atomic E-state index is 0.0139. The molecule has 98 valence electrons. The summed E-state index contributed by atoms with van der Waals surface area (Å²) in [4.78, 5) is 10.8. The molecule has 0 aliphatic carbocycles. The van der Waals surface area contributed by atoms with Gasteiger partial charge in [0.1, 0.15) is 0 Å². The Kier molecular flexibility index (Phi) is 4.40. The largest absolute Gasteiger partial charge is 0.452 e. The Balaban J connectivity index is 2.89. The van der Waals surface area contributed by atoms with Gasteiger partial charge < -0.3 is 4.74 Å². The number of sulfonamides is 1. The fourth-order valence-corrected chi connectivity index (χ4v) is 1.64. The number of amides is 1. The summed E-state index contributed by atoms with van der Waals surface area (Å²) in [6.07, 6.45) is -0.685. The molecular weight excluding hydrogens is 258 g/mol. The summed E-state index contributed by atoms with van der Waals surface area (Å²) >= 11 is 0. The van der Waals surface area contributed by atoms with Gasteiger partial charge in [-0.3, -0.25) is 0 Å². The number of benzene rings is 1. The molecule has 0 heterocycles. The standard InChI is InChI=1S/C10H13N3O4S/c1-7(12-13-10(14)17-2)8-3-5-9(6-4-8)18(11,15)16/h3-6H,1-2H3,(H,13,14)(H2,11,15,16)/b12-7+. The first-order valence-corrected chi connectivity index (χ1v) is 6.40. The monoisotopic (exact) mass is 271 g/mol. The minimum atomic E-state index is -3.70. The van der Waals surface area contributed by atoms with E-state index in [0.717, 1.165) is 0 Å². The number of hydrogen-bond acceptors (Lipinski definition) is 5. The molecule has 0 unspecified atom stereocenters. The number of hydrogen-bond donors (Lipinski definition) is 2. The summed E-state index contributed by atoms with van der Waals surface area (Å²) < 4.78 is 26.4. The molecule has 0 bridgehead atoms. The topological polar surface area (TPSA) is 111 Å². The highest BCUT2D eigenvalue weighted by molar-refractivity contribution is 7.89. The second-order valence-electron chi connectivity index (χ2n) is 3.37. The highest BCUT2D eigenvalue weighted by Gasteiger charge is 2.07. The molecule has 0 fully saturated rings. The number of methoxy groups -OCH3 is 1. The van der Waals surface area contributed by atoms with Crippen molar-refractivity contribution in [3.63, 3.8) is 0 Å². The van der Waals surface area contributed by atoms with Gasteiger partial charge in [0.2, 0.25) is 10.0 Å². The van der Waals surface area contributed by atoms with Crippen molar-refractivity contribution in [3.05, 3.63) is 29.8 Å². The van der Waals surface area contributed by atoms with E-state index in [1.165, 1.54) is 31.4 Å². The molecule has 0 aliphatic heterocycles. The molecule has 0 saturated heterocycles. The van der Waals surface area contributed by atoms with Gasteiger partial charge in [0, 0.05) is 0 Å². The highest BCUT2D eigenvalue weighted by Crippen LogP contribution is 2.09. The number of ether oxygens (including phenoxy) is 1. The van der Waals surface area contributed by atoms with E-state index in [-0.39, 0.29) is 4.90 Å². The fourth-order valence-electron chi connectivity index (χ4n) is 1.13. The molecule has 1 aromatic rings.